The van der Waals surface area contributed by atoms with Crippen LogP contribution >= 0.6 is 7.60 Å². The molecule has 0 fully saturated rings. The molecule has 0 aromatic rings. The van der Waals surface area contributed by atoms with Gasteiger partial charge in [-0.1, -0.05) is 194 Å². The second-order valence-corrected chi connectivity index (χ2v) is 24.5. The molecule has 2 atom stereocenters. The van der Waals surface area contributed by atoms with E-state index in [1.54, 1.807) is 27.7 Å². The van der Waals surface area contributed by atoms with Crippen molar-refractivity contribution in [2.45, 2.75) is 260 Å². The van der Waals surface area contributed by atoms with E-state index in [0.717, 1.165) is 38.5 Å². The van der Waals surface area contributed by atoms with Crippen molar-refractivity contribution >= 4 is 31.5 Å². The highest BCUT2D eigenvalue weighted by Crippen LogP contribution is 2.47. The summed E-state index contributed by atoms with van der Waals surface area (Å²) in [7, 11) is 3.84. The molecular weight excluding hydrogens is 894 g/mol. The van der Waals surface area contributed by atoms with E-state index in [9.17, 15) is 23.7 Å². The Morgan fingerprint density at radius 2 is 0.826 bits per heavy atom. The first kappa shape index (κ1) is 67.0. The molecular formula is C56H109NO11P+. The third kappa shape index (κ3) is 40.2. The fourth-order valence-electron chi connectivity index (χ4n) is 8.62. The van der Waals surface area contributed by atoms with Crippen molar-refractivity contribution in [1.82, 2.24) is 0 Å². The van der Waals surface area contributed by atoms with Crippen LogP contribution < -0.4 is 0 Å². The molecule has 12 nitrogen and oxygen atoms in total. The molecule has 0 aliphatic carbocycles. The monoisotopic (exact) mass is 1000 g/mol. The lowest BCUT2D eigenvalue weighted by Gasteiger charge is -2.32. The molecule has 0 aliphatic rings. The van der Waals surface area contributed by atoms with Crippen LogP contribution in [0.4, 0.5) is 0 Å². The van der Waals surface area contributed by atoms with E-state index in [1.165, 1.54) is 155 Å². The Hall–Kier alpha value is -2.01. The zero-order valence-corrected chi connectivity index (χ0v) is 47.4. The van der Waals surface area contributed by atoms with Gasteiger partial charge in [-0.15, -0.1) is 0 Å². The normalized spacial score (nSPS) is 13.5. The summed E-state index contributed by atoms with van der Waals surface area (Å²) in [5.41, 5.74) is -2.24. The minimum Gasteiger partial charge on any atom is -0.465 e. The third-order valence-electron chi connectivity index (χ3n) is 13.0. The number of unbranched alkanes of at least 4 members (excludes halogenated alkanes) is 28. The fourth-order valence-corrected chi connectivity index (χ4v) is 9.71. The predicted molar refractivity (Wildman–Crippen MR) is 282 cm³/mol. The van der Waals surface area contributed by atoms with Gasteiger partial charge in [0, 0.05) is 20.0 Å². The smallest absolute Gasteiger partial charge is 0.334 e. The molecule has 0 amide bonds. The van der Waals surface area contributed by atoms with Crippen molar-refractivity contribution in [2.24, 2.45) is 10.8 Å². The van der Waals surface area contributed by atoms with Gasteiger partial charge in [0.05, 0.1) is 38.1 Å². The summed E-state index contributed by atoms with van der Waals surface area (Å²) in [5.74, 6) is -1.93. The first-order valence-corrected chi connectivity index (χ1v) is 29.8. The maximum absolute atomic E-state index is 13.6. The Labute approximate surface area is 424 Å². The van der Waals surface area contributed by atoms with Crippen molar-refractivity contribution in [1.29, 1.82) is 0 Å². The van der Waals surface area contributed by atoms with Gasteiger partial charge in [-0.3, -0.25) is 23.7 Å². The van der Waals surface area contributed by atoms with Gasteiger partial charge in [0.15, 0.2) is 6.10 Å². The van der Waals surface area contributed by atoms with Gasteiger partial charge in [-0.25, -0.2) is 0 Å². The quantitative estimate of drug-likeness (QED) is 0.0189. The van der Waals surface area contributed by atoms with E-state index in [4.69, 9.17) is 28.0 Å². The van der Waals surface area contributed by atoms with Gasteiger partial charge < -0.3 is 32.5 Å². The number of rotatable bonds is 49. The number of quaternary nitrogens is 1. The maximum Gasteiger partial charge on any atom is 0.334 e. The summed E-state index contributed by atoms with van der Waals surface area (Å²) in [5, 5.41) is 0. The molecule has 0 radical (unpaired) electrons. The van der Waals surface area contributed by atoms with Gasteiger partial charge in [0.25, 0.3) is 0 Å². The van der Waals surface area contributed by atoms with Crippen molar-refractivity contribution in [2.75, 3.05) is 67.4 Å². The van der Waals surface area contributed by atoms with E-state index in [-0.39, 0.29) is 57.8 Å². The molecule has 69 heavy (non-hydrogen) atoms. The van der Waals surface area contributed by atoms with Crippen LogP contribution in [0.5, 0.6) is 0 Å². The minimum atomic E-state index is -3.46. The number of carbonyl (C=O) groups excluding carboxylic acids is 4. The van der Waals surface area contributed by atoms with Gasteiger partial charge in [0.2, 0.25) is 0 Å². The van der Waals surface area contributed by atoms with Crippen LogP contribution in [0, 0.1) is 10.8 Å². The molecule has 0 heterocycles. The molecule has 0 rings (SSSR count). The number of carbonyl (C=O) groups is 4. The van der Waals surface area contributed by atoms with E-state index in [2.05, 4.69) is 13.8 Å². The molecule has 0 aromatic heterocycles. The Bertz CT molecular complexity index is 1350. The zero-order chi connectivity index (χ0) is 51.7. The lowest BCUT2D eigenvalue weighted by atomic mass is 9.75. The van der Waals surface area contributed by atoms with Crippen LogP contribution in [0.15, 0.2) is 0 Å². The first-order chi connectivity index (χ1) is 32.8. The topological polar surface area (TPSA) is 141 Å². The SMILES string of the molecule is CCCCCCCCCCCCCCCCCC(=O)OCC(COC(=O)C(C)(C)CC(C)(C)C(=O)OCCP(=O)(OC)OCC[N+](C)(C)C)OC(=O)CCCCCCCCCCCCCCCCC. The lowest BCUT2D eigenvalue weighted by Crippen LogP contribution is -2.39. The van der Waals surface area contributed by atoms with Crippen LogP contribution in [-0.2, 0) is 51.7 Å². The van der Waals surface area contributed by atoms with Crippen LogP contribution in [0.3, 0.4) is 0 Å². The average Bonchev–Trinajstić information content (AvgIpc) is 3.28. The molecule has 0 spiro atoms. The predicted octanol–water partition coefficient (Wildman–Crippen LogP) is 15.1. The number of likely N-dealkylation sites (N-methyl/N-ethyl adjacent to an activating group) is 1. The van der Waals surface area contributed by atoms with Gasteiger partial charge in [-0.2, -0.15) is 0 Å². The van der Waals surface area contributed by atoms with Crippen LogP contribution in [0.25, 0.3) is 0 Å². The van der Waals surface area contributed by atoms with E-state index in [1.807, 2.05) is 21.1 Å². The van der Waals surface area contributed by atoms with Crippen molar-refractivity contribution in [3.8, 4) is 0 Å². The molecule has 408 valence electrons. The maximum atomic E-state index is 13.6. The number of nitrogens with zero attached hydrogens (tertiary/aromatic N) is 1. The molecule has 0 saturated carbocycles. The van der Waals surface area contributed by atoms with Crippen LogP contribution in [0.1, 0.15) is 253 Å². The Morgan fingerprint density at radius 3 is 1.20 bits per heavy atom. The Kier molecular flexibility index (Phi) is 40.3. The van der Waals surface area contributed by atoms with Crippen LogP contribution in [0.2, 0.25) is 0 Å². The summed E-state index contributed by atoms with van der Waals surface area (Å²) in [6.45, 7) is 11.4. The van der Waals surface area contributed by atoms with Crippen LogP contribution in [-0.4, -0.2) is 102 Å². The fraction of sp³-hybridized carbons (Fsp3) is 0.929. The Balaban J connectivity index is 4.99. The van der Waals surface area contributed by atoms with Gasteiger partial charge >= 0.3 is 31.5 Å². The van der Waals surface area contributed by atoms with E-state index < -0.39 is 42.4 Å². The molecule has 0 bridgehead atoms. The van der Waals surface area contributed by atoms with E-state index in [0.29, 0.717) is 17.4 Å². The molecule has 0 aliphatic heterocycles. The number of hydrogen-bond acceptors (Lipinski definition) is 11. The highest BCUT2D eigenvalue weighted by atomic mass is 31.2. The molecule has 0 N–H and O–H groups in total. The first-order valence-electron chi connectivity index (χ1n) is 28.1. The molecule has 2 unspecified atom stereocenters. The minimum absolute atomic E-state index is 0.0808. The standard InChI is InChI=1S/C56H109NO11P/c1-11-13-15-17-19-21-23-25-27-29-31-33-35-37-39-41-51(58)65-47-50(68-52(59)42-40-38-36-34-32-30-28-26-24-22-20-18-16-14-12-2)48-66-54(61)56(5,6)49-55(3,4)53(60)64-45-46-69(62,63-10)67-44-43-57(7,8)9/h50H,11-49H2,1-10H3/q+1. The largest absolute Gasteiger partial charge is 0.465 e. The third-order valence-corrected chi connectivity index (χ3v) is 14.9. The lowest BCUT2D eigenvalue weighted by molar-refractivity contribution is -0.870. The summed E-state index contributed by atoms with van der Waals surface area (Å²) < 4.78 is 47.0. The van der Waals surface area contributed by atoms with Gasteiger partial charge in [0.1, 0.15) is 33.0 Å². The summed E-state index contributed by atoms with van der Waals surface area (Å²) in [6.07, 6.45) is 36.6. The molecule has 0 aromatic carbocycles. The highest BCUT2D eigenvalue weighted by Gasteiger charge is 2.41. The summed E-state index contributed by atoms with van der Waals surface area (Å²) >= 11 is 0. The zero-order valence-electron chi connectivity index (χ0n) is 46.5. The second-order valence-electron chi connectivity index (χ2n) is 22.2. The number of esters is 4. The van der Waals surface area contributed by atoms with Crippen molar-refractivity contribution < 1.29 is 56.2 Å². The second kappa shape index (κ2) is 41.5. The summed E-state index contributed by atoms with van der Waals surface area (Å²) in [6, 6.07) is 0. The number of hydrogen-bond donors (Lipinski definition) is 0. The van der Waals surface area contributed by atoms with E-state index >= 15 is 0 Å². The van der Waals surface area contributed by atoms with Crippen molar-refractivity contribution in [3.05, 3.63) is 0 Å². The summed E-state index contributed by atoms with van der Waals surface area (Å²) in [4.78, 5) is 52.6. The highest BCUT2D eigenvalue weighted by molar-refractivity contribution is 7.53. The van der Waals surface area contributed by atoms with Gasteiger partial charge in [-0.05, 0) is 47.0 Å². The Morgan fingerprint density at radius 1 is 0.478 bits per heavy atom. The number of ether oxygens (including phenoxy) is 4. The molecule has 13 heteroatoms. The van der Waals surface area contributed by atoms with Crippen molar-refractivity contribution in [3.63, 3.8) is 0 Å². The molecule has 0 saturated heterocycles. The average molecular weight is 1000 g/mol.